The second kappa shape index (κ2) is 8.80. The second-order valence-corrected chi connectivity index (χ2v) is 8.04. The maximum Gasteiger partial charge on any atom is 0.334 e. The van der Waals surface area contributed by atoms with E-state index in [1.807, 2.05) is 48.5 Å². The predicted octanol–water partition coefficient (Wildman–Crippen LogP) is 5.32. The third kappa shape index (κ3) is 4.55. The monoisotopic (exact) mass is 418 g/mol. The van der Waals surface area contributed by atoms with Crippen LogP contribution >= 0.6 is 0 Å². The maximum absolute atomic E-state index is 11.7. The molecular formula is C26H26O5. The summed E-state index contributed by atoms with van der Waals surface area (Å²) in [4.78, 5) is 23.2. The Morgan fingerprint density at radius 1 is 0.903 bits per heavy atom. The molecule has 2 aromatic carbocycles. The van der Waals surface area contributed by atoms with E-state index in [2.05, 4.69) is 20.1 Å². The van der Waals surface area contributed by atoms with Crippen LogP contribution in [0.15, 0.2) is 72.8 Å². The van der Waals surface area contributed by atoms with Gasteiger partial charge < -0.3 is 14.2 Å². The minimum absolute atomic E-state index is 0.192. The number of carbonyl (C=O) groups is 2. The lowest BCUT2D eigenvalue weighted by Crippen LogP contribution is -2.31. The average molecular weight is 418 g/mol. The largest absolute Gasteiger partial charge is 0.487 e. The van der Waals surface area contributed by atoms with Crippen LogP contribution in [-0.2, 0) is 19.1 Å². The molecule has 0 aromatic heterocycles. The van der Waals surface area contributed by atoms with Gasteiger partial charge >= 0.3 is 11.9 Å². The number of rotatable bonds is 7. The van der Waals surface area contributed by atoms with Crippen molar-refractivity contribution >= 4 is 11.9 Å². The van der Waals surface area contributed by atoms with E-state index in [1.54, 1.807) is 0 Å². The van der Waals surface area contributed by atoms with Crippen LogP contribution in [0.4, 0.5) is 0 Å². The Kier molecular flexibility index (Phi) is 5.94. The van der Waals surface area contributed by atoms with Gasteiger partial charge in [-0.3, -0.25) is 0 Å². The van der Waals surface area contributed by atoms with Gasteiger partial charge in [-0.1, -0.05) is 62.9 Å². The van der Waals surface area contributed by atoms with Crippen LogP contribution in [0.1, 0.15) is 44.3 Å². The molecule has 4 rings (SSSR count). The molecule has 0 aliphatic carbocycles. The summed E-state index contributed by atoms with van der Waals surface area (Å²) in [5.41, 5.74) is 4.10. The van der Waals surface area contributed by atoms with E-state index in [9.17, 15) is 9.59 Å². The predicted molar refractivity (Wildman–Crippen MR) is 117 cm³/mol. The topological polar surface area (TPSA) is 61.8 Å². The molecule has 0 N–H and O–H groups in total. The number of hydrogen-bond acceptors (Lipinski definition) is 5. The van der Waals surface area contributed by atoms with Crippen LogP contribution in [0.2, 0.25) is 0 Å². The smallest absolute Gasteiger partial charge is 0.334 e. The van der Waals surface area contributed by atoms with E-state index in [0.717, 1.165) is 35.3 Å². The van der Waals surface area contributed by atoms with Crippen molar-refractivity contribution in [3.05, 3.63) is 78.4 Å². The van der Waals surface area contributed by atoms with Crippen molar-refractivity contribution < 1.29 is 23.8 Å². The lowest BCUT2D eigenvalue weighted by atomic mass is 10.00. The van der Waals surface area contributed by atoms with E-state index in [1.165, 1.54) is 0 Å². The molecule has 5 heteroatoms. The first-order valence-electron chi connectivity index (χ1n) is 10.6. The van der Waals surface area contributed by atoms with Gasteiger partial charge in [0.2, 0.25) is 0 Å². The highest BCUT2D eigenvalue weighted by Gasteiger charge is 2.34. The normalized spacial score (nSPS) is 21.7. The summed E-state index contributed by atoms with van der Waals surface area (Å²) in [6, 6.07) is 15.9. The number of hydrogen-bond donors (Lipinski definition) is 0. The Labute approximate surface area is 182 Å². The lowest BCUT2D eigenvalue weighted by Gasteiger charge is -2.23. The molecule has 160 valence electrons. The van der Waals surface area contributed by atoms with Crippen LogP contribution in [0, 0.1) is 0 Å². The highest BCUT2D eigenvalue weighted by Crippen LogP contribution is 2.34. The van der Waals surface area contributed by atoms with Gasteiger partial charge in [-0.05, 0) is 35.2 Å². The zero-order valence-corrected chi connectivity index (χ0v) is 17.6. The lowest BCUT2D eigenvalue weighted by molar-refractivity contribution is -0.142. The first-order valence-corrected chi connectivity index (χ1v) is 10.6. The molecular weight excluding hydrogens is 392 g/mol. The van der Waals surface area contributed by atoms with Gasteiger partial charge in [0.25, 0.3) is 0 Å². The van der Waals surface area contributed by atoms with E-state index in [0.29, 0.717) is 24.0 Å². The van der Waals surface area contributed by atoms with Gasteiger partial charge in [0.05, 0.1) is 0 Å². The van der Waals surface area contributed by atoms with Gasteiger partial charge in [-0.2, -0.15) is 0 Å². The minimum Gasteiger partial charge on any atom is -0.487 e. The van der Waals surface area contributed by atoms with Gasteiger partial charge in [-0.15, -0.1) is 0 Å². The Balaban J connectivity index is 1.42. The Hall–Kier alpha value is -3.34. The Bertz CT molecular complexity index is 971. The molecule has 0 amide bonds. The van der Waals surface area contributed by atoms with Gasteiger partial charge in [0.1, 0.15) is 24.1 Å². The van der Waals surface area contributed by atoms with Crippen molar-refractivity contribution in [3.8, 4) is 16.9 Å². The summed E-state index contributed by atoms with van der Waals surface area (Å²) in [6.45, 7) is 9.57. The molecule has 0 bridgehead atoms. The molecule has 3 unspecified atom stereocenters. The molecule has 2 aliphatic heterocycles. The SMILES string of the molecule is C=C1CC(c2ccc(-c3ccc(OC(CCC)C4CC(=C)C(=O)O4)cc3)cc2)OC1=O. The molecule has 2 saturated heterocycles. The van der Waals surface area contributed by atoms with E-state index < -0.39 is 0 Å². The molecule has 2 heterocycles. The number of cyclic esters (lactones) is 2. The molecule has 5 nitrogen and oxygen atoms in total. The third-order valence-corrected chi connectivity index (χ3v) is 5.71. The van der Waals surface area contributed by atoms with Crippen molar-refractivity contribution in [1.29, 1.82) is 0 Å². The molecule has 2 aliphatic rings. The van der Waals surface area contributed by atoms with Gasteiger partial charge in [0.15, 0.2) is 0 Å². The summed E-state index contributed by atoms with van der Waals surface area (Å²) in [5.74, 6) is 0.0941. The quantitative estimate of drug-likeness (QED) is 0.450. The van der Waals surface area contributed by atoms with Crippen molar-refractivity contribution in [2.45, 2.75) is 50.9 Å². The molecule has 0 spiro atoms. The highest BCUT2D eigenvalue weighted by molar-refractivity contribution is 5.90. The Morgan fingerprint density at radius 3 is 2.00 bits per heavy atom. The summed E-state index contributed by atoms with van der Waals surface area (Å²) >= 11 is 0. The fraction of sp³-hybridized carbons (Fsp3) is 0.308. The molecule has 31 heavy (non-hydrogen) atoms. The van der Waals surface area contributed by atoms with Crippen LogP contribution in [0.3, 0.4) is 0 Å². The number of carbonyl (C=O) groups excluding carboxylic acids is 2. The standard InChI is InChI=1S/C26H26O5/c1-4-5-22(24-15-17(3)26(28)31-24)29-21-12-10-19(11-13-21)18-6-8-20(9-7-18)23-14-16(2)25(27)30-23/h6-13,22-24H,2-5,14-15H2,1H3. The first-order chi connectivity index (χ1) is 14.9. The molecule has 2 aromatic rings. The van der Waals surface area contributed by atoms with E-state index >= 15 is 0 Å². The minimum atomic E-state index is -0.329. The van der Waals surface area contributed by atoms with Crippen LogP contribution in [0.25, 0.3) is 11.1 Å². The summed E-state index contributed by atoms with van der Waals surface area (Å²) in [5, 5.41) is 0. The van der Waals surface area contributed by atoms with Gasteiger partial charge in [0, 0.05) is 24.0 Å². The van der Waals surface area contributed by atoms with Gasteiger partial charge in [-0.25, -0.2) is 9.59 Å². The molecule has 2 fully saturated rings. The van der Waals surface area contributed by atoms with Crippen molar-refractivity contribution in [2.24, 2.45) is 0 Å². The maximum atomic E-state index is 11.7. The summed E-state index contributed by atoms with van der Waals surface area (Å²) in [6.07, 6.45) is 2.05. The van der Waals surface area contributed by atoms with Crippen molar-refractivity contribution in [3.63, 3.8) is 0 Å². The van der Waals surface area contributed by atoms with Crippen LogP contribution in [0.5, 0.6) is 5.75 Å². The fourth-order valence-corrected chi connectivity index (χ4v) is 3.94. The molecule has 3 atom stereocenters. The fourth-order valence-electron chi connectivity index (χ4n) is 3.94. The average Bonchev–Trinajstić information content (AvgIpc) is 3.29. The number of ether oxygens (including phenoxy) is 3. The molecule has 0 saturated carbocycles. The highest BCUT2D eigenvalue weighted by atomic mass is 16.6. The van der Waals surface area contributed by atoms with Crippen LogP contribution in [-0.4, -0.2) is 24.1 Å². The van der Waals surface area contributed by atoms with Crippen molar-refractivity contribution in [2.75, 3.05) is 0 Å². The van der Waals surface area contributed by atoms with Crippen LogP contribution < -0.4 is 4.74 Å². The third-order valence-electron chi connectivity index (χ3n) is 5.71. The summed E-state index contributed by atoms with van der Waals surface area (Å²) in [7, 11) is 0. The zero-order valence-electron chi connectivity index (χ0n) is 17.6. The summed E-state index contributed by atoms with van der Waals surface area (Å²) < 4.78 is 16.9. The second-order valence-electron chi connectivity index (χ2n) is 8.04. The van der Waals surface area contributed by atoms with E-state index in [-0.39, 0.29) is 30.3 Å². The zero-order chi connectivity index (χ0) is 22.0. The van der Waals surface area contributed by atoms with E-state index in [4.69, 9.17) is 14.2 Å². The van der Waals surface area contributed by atoms with Crippen molar-refractivity contribution in [1.82, 2.24) is 0 Å². The number of esters is 2. The first kappa shape index (κ1) is 20.9. The Morgan fingerprint density at radius 2 is 1.48 bits per heavy atom. The molecule has 0 radical (unpaired) electrons. The number of benzene rings is 2.